The first-order chi connectivity index (χ1) is 11.6. The minimum atomic E-state index is -0.739. The summed E-state index contributed by atoms with van der Waals surface area (Å²) in [4.78, 5) is 2.86. The van der Waals surface area contributed by atoms with Crippen LogP contribution >= 0.6 is 23.2 Å². The fourth-order valence-electron chi connectivity index (χ4n) is 2.49. The molecule has 4 nitrogen and oxygen atoms in total. The largest absolute Gasteiger partial charge is 0.493 e. The zero-order valence-electron chi connectivity index (χ0n) is 13.4. The van der Waals surface area contributed by atoms with Crippen LogP contribution < -0.4 is 14.5 Å². The highest BCUT2D eigenvalue weighted by Crippen LogP contribution is 2.35. The van der Waals surface area contributed by atoms with Crippen LogP contribution in [0, 0.1) is 5.92 Å². The van der Waals surface area contributed by atoms with Crippen LogP contribution in [0.4, 0.5) is 0 Å². The van der Waals surface area contributed by atoms with Crippen molar-refractivity contribution in [3.05, 3.63) is 51.8 Å². The Morgan fingerprint density at radius 2 is 1.92 bits per heavy atom. The molecule has 128 valence electrons. The maximum Gasteiger partial charge on any atom is 0.186 e. The van der Waals surface area contributed by atoms with E-state index in [2.05, 4.69) is 4.98 Å². The summed E-state index contributed by atoms with van der Waals surface area (Å²) in [6.07, 6.45) is 5.30. The Balaban J connectivity index is 1.78. The zero-order chi connectivity index (χ0) is 17.1. The first-order valence-electron chi connectivity index (χ1n) is 7.91. The number of hydrogen-bond acceptors (Lipinski definition) is 3. The molecule has 24 heavy (non-hydrogen) atoms. The summed E-state index contributed by atoms with van der Waals surface area (Å²) >= 11 is 12.3. The van der Waals surface area contributed by atoms with Gasteiger partial charge >= 0.3 is 0 Å². The second-order valence-corrected chi connectivity index (χ2v) is 6.83. The van der Waals surface area contributed by atoms with Gasteiger partial charge in [0.1, 0.15) is 10.0 Å². The number of halogens is 2. The number of H-pyrrole nitrogens is 1. The number of nitrogens with one attached hydrogen (secondary N) is 1. The van der Waals surface area contributed by atoms with E-state index < -0.39 is 6.10 Å². The Hall–Kier alpha value is -1.49. The smallest absolute Gasteiger partial charge is 0.186 e. The van der Waals surface area contributed by atoms with Crippen molar-refractivity contribution in [2.24, 2.45) is 5.92 Å². The van der Waals surface area contributed by atoms with Crippen molar-refractivity contribution >= 4 is 23.2 Å². The van der Waals surface area contributed by atoms with Crippen LogP contribution in [0.5, 0.6) is 11.5 Å². The van der Waals surface area contributed by atoms with Gasteiger partial charge in [0, 0.05) is 12.0 Å². The van der Waals surface area contributed by atoms with Crippen molar-refractivity contribution in [2.45, 2.75) is 25.4 Å². The number of benzene rings is 1. The lowest BCUT2D eigenvalue weighted by Gasteiger charge is -2.16. The molecule has 1 atom stereocenters. The van der Waals surface area contributed by atoms with Gasteiger partial charge in [-0.25, -0.2) is 4.98 Å². The molecule has 0 aliphatic heterocycles. The van der Waals surface area contributed by atoms with Gasteiger partial charge in [-0.3, -0.25) is 0 Å². The highest BCUT2D eigenvalue weighted by molar-refractivity contribution is 6.35. The predicted octanol–water partition coefficient (Wildman–Crippen LogP) is 3.88. The van der Waals surface area contributed by atoms with Crippen LogP contribution in [0.2, 0.25) is 10.0 Å². The summed E-state index contributed by atoms with van der Waals surface area (Å²) in [6.45, 7) is 0.683. The Morgan fingerprint density at radius 3 is 2.54 bits per heavy atom. The lowest BCUT2D eigenvalue weighted by molar-refractivity contribution is -0.377. The van der Waals surface area contributed by atoms with Gasteiger partial charge in [-0.05, 0) is 36.5 Å². The standard InChI is InChI=1S/C18H19Cl2NO3/c1-23-17-5-4-12(6-18(17)24-10-11-2-3-11)16(22)7-13-14(19)8-21-9-15(13)20/h4-6,8-9,11,16,22H,2-3,7,10H2,1H3/p+1. The molecular formula is C18H20Cl2NO3+. The molecule has 0 bridgehead atoms. The Labute approximate surface area is 151 Å². The van der Waals surface area contributed by atoms with E-state index in [0.29, 0.717) is 46.1 Å². The van der Waals surface area contributed by atoms with E-state index in [1.54, 1.807) is 19.5 Å². The molecule has 1 aromatic heterocycles. The van der Waals surface area contributed by atoms with Crippen molar-refractivity contribution in [1.82, 2.24) is 0 Å². The van der Waals surface area contributed by atoms with Crippen molar-refractivity contribution in [1.29, 1.82) is 0 Å². The van der Waals surface area contributed by atoms with Gasteiger partial charge in [0.05, 0.1) is 19.8 Å². The molecule has 1 aliphatic carbocycles. The first-order valence-corrected chi connectivity index (χ1v) is 8.67. The molecule has 0 saturated heterocycles. The molecule has 2 N–H and O–H groups in total. The van der Waals surface area contributed by atoms with E-state index in [1.807, 2.05) is 18.2 Å². The average Bonchev–Trinajstić information content (AvgIpc) is 3.40. The lowest BCUT2D eigenvalue weighted by Crippen LogP contribution is -2.08. The summed E-state index contributed by atoms with van der Waals surface area (Å²) < 4.78 is 11.2. The maximum atomic E-state index is 10.6. The number of ether oxygens (including phenoxy) is 2. The number of methoxy groups -OCH3 is 1. The van der Waals surface area contributed by atoms with E-state index in [-0.39, 0.29) is 0 Å². The van der Waals surface area contributed by atoms with Crippen LogP contribution in [-0.4, -0.2) is 18.8 Å². The summed E-state index contributed by atoms with van der Waals surface area (Å²) in [7, 11) is 1.61. The summed E-state index contributed by atoms with van der Waals surface area (Å²) in [6, 6.07) is 5.45. The molecule has 1 heterocycles. The van der Waals surface area contributed by atoms with Gasteiger partial charge in [0.15, 0.2) is 23.9 Å². The minimum absolute atomic E-state index is 0.320. The lowest BCUT2D eigenvalue weighted by atomic mass is 10.0. The molecule has 3 rings (SSSR count). The number of aliphatic hydroxyl groups is 1. The second kappa shape index (κ2) is 7.60. The minimum Gasteiger partial charge on any atom is -0.493 e. The molecule has 6 heteroatoms. The molecule has 0 radical (unpaired) electrons. The fourth-order valence-corrected chi connectivity index (χ4v) is 3.02. The SMILES string of the molecule is COc1ccc(C(O)Cc2c(Cl)c[nH+]cc2Cl)cc1OCC1CC1. The fraction of sp³-hybridized carbons (Fsp3) is 0.389. The van der Waals surface area contributed by atoms with E-state index in [1.165, 1.54) is 12.8 Å². The number of aromatic nitrogens is 1. The van der Waals surface area contributed by atoms with E-state index >= 15 is 0 Å². The molecule has 0 spiro atoms. The molecule has 1 unspecified atom stereocenters. The van der Waals surface area contributed by atoms with Gasteiger partial charge in [-0.1, -0.05) is 29.3 Å². The number of rotatable bonds is 7. The third kappa shape index (κ3) is 4.12. The van der Waals surface area contributed by atoms with Gasteiger partial charge < -0.3 is 14.6 Å². The van der Waals surface area contributed by atoms with Crippen molar-refractivity contribution in [3.8, 4) is 11.5 Å². The number of aliphatic hydroxyl groups excluding tert-OH is 1. The highest BCUT2D eigenvalue weighted by Gasteiger charge is 2.23. The third-order valence-corrected chi connectivity index (χ3v) is 4.81. The van der Waals surface area contributed by atoms with E-state index in [4.69, 9.17) is 32.7 Å². The predicted molar refractivity (Wildman–Crippen MR) is 92.9 cm³/mol. The molecule has 1 aromatic carbocycles. The number of pyridine rings is 1. The van der Waals surface area contributed by atoms with Gasteiger partial charge in [0.25, 0.3) is 0 Å². The summed E-state index contributed by atoms with van der Waals surface area (Å²) in [5.74, 6) is 1.96. The quantitative estimate of drug-likeness (QED) is 0.806. The molecule has 0 amide bonds. The van der Waals surface area contributed by atoms with Crippen LogP contribution in [0.1, 0.15) is 30.1 Å². The topological polar surface area (TPSA) is 52.8 Å². The summed E-state index contributed by atoms with van der Waals surface area (Å²) in [5, 5.41) is 11.6. The molecule has 2 aromatic rings. The van der Waals surface area contributed by atoms with Gasteiger partial charge in [-0.15, -0.1) is 0 Å². The molecule has 1 saturated carbocycles. The van der Waals surface area contributed by atoms with Crippen molar-refractivity contribution in [2.75, 3.05) is 13.7 Å². The molecular weight excluding hydrogens is 349 g/mol. The number of aromatic amines is 1. The molecule has 1 fully saturated rings. The Kier molecular flexibility index (Phi) is 5.49. The van der Waals surface area contributed by atoms with Crippen LogP contribution in [0.3, 0.4) is 0 Å². The maximum absolute atomic E-state index is 10.6. The monoisotopic (exact) mass is 368 g/mol. The van der Waals surface area contributed by atoms with Crippen LogP contribution in [-0.2, 0) is 6.42 Å². The number of hydrogen-bond donors (Lipinski definition) is 1. The van der Waals surface area contributed by atoms with Crippen LogP contribution in [0.25, 0.3) is 0 Å². The zero-order valence-corrected chi connectivity index (χ0v) is 14.9. The first kappa shape index (κ1) is 17.3. The average molecular weight is 369 g/mol. The van der Waals surface area contributed by atoms with E-state index in [9.17, 15) is 5.11 Å². The second-order valence-electron chi connectivity index (χ2n) is 6.01. The third-order valence-electron chi connectivity index (χ3n) is 4.14. The Morgan fingerprint density at radius 1 is 1.21 bits per heavy atom. The highest BCUT2D eigenvalue weighted by atomic mass is 35.5. The van der Waals surface area contributed by atoms with Gasteiger partial charge in [0.2, 0.25) is 0 Å². The van der Waals surface area contributed by atoms with Crippen LogP contribution in [0.15, 0.2) is 30.6 Å². The van der Waals surface area contributed by atoms with Crippen molar-refractivity contribution in [3.63, 3.8) is 0 Å². The summed E-state index contributed by atoms with van der Waals surface area (Å²) in [5.41, 5.74) is 1.45. The Bertz CT molecular complexity index is 699. The normalized spacial score (nSPS) is 15.2. The molecule has 1 aliphatic rings. The van der Waals surface area contributed by atoms with E-state index in [0.717, 1.165) is 5.56 Å². The van der Waals surface area contributed by atoms with Gasteiger partial charge in [-0.2, -0.15) is 0 Å². The van der Waals surface area contributed by atoms with Crippen molar-refractivity contribution < 1.29 is 19.6 Å².